The number of amidine groups is 1. The Kier molecular flexibility index (Phi) is 7.40. The lowest BCUT2D eigenvalue weighted by atomic mass is 9.73. The first kappa shape index (κ1) is 25.4. The van der Waals surface area contributed by atoms with Crippen LogP contribution in [0, 0.1) is 5.92 Å². The number of aryl methyl sites for hydroxylation is 1. The molecule has 0 bridgehead atoms. The molecule has 6 rings (SSSR count). The van der Waals surface area contributed by atoms with Crippen molar-refractivity contribution in [1.29, 1.82) is 0 Å². The summed E-state index contributed by atoms with van der Waals surface area (Å²) in [5, 5.41) is 20.7. The summed E-state index contributed by atoms with van der Waals surface area (Å²) >= 11 is 0. The number of aliphatic imine (C=N–C) groups is 1. The molecule has 3 N–H and O–H groups in total. The number of allylic oxidation sites excluding steroid dienone is 3. The van der Waals surface area contributed by atoms with Crippen LogP contribution in [0.25, 0.3) is 16.3 Å². The zero-order chi connectivity index (χ0) is 26.1. The summed E-state index contributed by atoms with van der Waals surface area (Å²) < 4.78 is 6.47. The van der Waals surface area contributed by atoms with Crippen LogP contribution in [0.2, 0.25) is 0 Å². The molecule has 38 heavy (non-hydrogen) atoms. The Morgan fingerprint density at radius 1 is 1.16 bits per heavy atom. The van der Waals surface area contributed by atoms with Gasteiger partial charge in [-0.05, 0) is 83.9 Å². The zero-order valence-corrected chi connectivity index (χ0v) is 22.8. The molecule has 2 aromatic carbocycles. The first-order valence-corrected chi connectivity index (χ1v) is 14.7. The van der Waals surface area contributed by atoms with Gasteiger partial charge in [0.25, 0.3) is 0 Å². The predicted molar refractivity (Wildman–Crippen MR) is 156 cm³/mol. The van der Waals surface area contributed by atoms with Gasteiger partial charge in [-0.1, -0.05) is 75.6 Å². The quantitative estimate of drug-likeness (QED) is 0.332. The number of hydrogen-bond donors (Lipinski definition) is 3. The second-order valence-corrected chi connectivity index (χ2v) is 11.3. The maximum Gasteiger partial charge on any atom is 0.187 e. The second-order valence-electron chi connectivity index (χ2n) is 11.3. The highest BCUT2D eigenvalue weighted by atomic mass is 16.5. The van der Waals surface area contributed by atoms with Gasteiger partial charge in [0.05, 0.1) is 6.61 Å². The standard InChI is InChI=1S/C33H41N3O2/c1-3-5-9-21(4-2)20-38-33-35-31(34-32(36-33)27-12-6-7-13-28(27)37)26-19-17-24-15-14-22-10-8-11-23-16-18-25(26)30(24)29(22)23/h7-8,10-11,13,16,18-19,21,24,32-33,36-37H,3-6,9,12,14-15,17,20H2,1-2H3,(H,34,35). The van der Waals surface area contributed by atoms with Crippen LogP contribution >= 0.6 is 0 Å². The molecule has 5 nitrogen and oxygen atoms in total. The Morgan fingerprint density at radius 2 is 2.08 bits per heavy atom. The van der Waals surface area contributed by atoms with Crippen LogP contribution in [0.1, 0.15) is 87.8 Å². The van der Waals surface area contributed by atoms with Crippen LogP contribution in [0.4, 0.5) is 0 Å². The van der Waals surface area contributed by atoms with E-state index in [4.69, 9.17) is 9.73 Å². The third kappa shape index (κ3) is 4.83. The molecule has 1 heterocycles. The van der Waals surface area contributed by atoms with Crippen molar-refractivity contribution in [3.8, 4) is 0 Å². The summed E-state index contributed by atoms with van der Waals surface area (Å²) in [5.41, 5.74) is 6.36. The lowest BCUT2D eigenvalue weighted by Crippen LogP contribution is -2.56. The number of nitrogens with one attached hydrogen (secondary N) is 2. The fourth-order valence-electron chi connectivity index (χ4n) is 6.66. The predicted octanol–water partition coefficient (Wildman–Crippen LogP) is 7.25. The van der Waals surface area contributed by atoms with E-state index in [1.54, 1.807) is 0 Å². The summed E-state index contributed by atoms with van der Waals surface area (Å²) in [5.74, 6) is 2.31. The van der Waals surface area contributed by atoms with Gasteiger partial charge < -0.3 is 15.2 Å². The molecule has 0 amide bonds. The minimum Gasteiger partial charge on any atom is -0.508 e. The molecule has 0 fully saturated rings. The summed E-state index contributed by atoms with van der Waals surface area (Å²) in [6.07, 6.45) is 15.4. The van der Waals surface area contributed by atoms with Gasteiger partial charge in [-0.25, -0.2) is 10.3 Å². The van der Waals surface area contributed by atoms with Crippen molar-refractivity contribution >= 4 is 22.2 Å². The molecule has 2 aromatic rings. The largest absolute Gasteiger partial charge is 0.508 e. The van der Waals surface area contributed by atoms with Gasteiger partial charge in [-0.2, -0.15) is 0 Å². The average Bonchev–Trinajstić information content (AvgIpc) is 2.96. The lowest BCUT2D eigenvalue weighted by Gasteiger charge is -2.37. The van der Waals surface area contributed by atoms with E-state index in [2.05, 4.69) is 60.9 Å². The van der Waals surface area contributed by atoms with Crippen LogP contribution in [-0.4, -0.2) is 30.1 Å². The van der Waals surface area contributed by atoms with Crippen LogP contribution < -0.4 is 10.6 Å². The van der Waals surface area contributed by atoms with E-state index in [0.717, 1.165) is 43.5 Å². The summed E-state index contributed by atoms with van der Waals surface area (Å²) in [7, 11) is 0. The van der Waals surface area contributed by atoms with E-state index >= 15 is 0 Å². The first-order chi connectivity index (χ1) is 18.7. The van der Waals surface area contributed by atoms with Gasteiger partial charge in [0.2, 0.25) is 0 Å². The SMILES string of the molecule is CCCCC(CC)COC1NC(C2=CCC3CCc4cccc5ccc2c3c45)=NC(C2=C(O)C=CCC2)N1. The fraction of sp³-hybridized carbons (Fsp3) is 0.485. The van der Waals surface area contributed by atoms with Gasteiger partial charge in [0.1, 0.15) is 17.8 Å². The Bertz CT molecular complexity index is 1320. The molecule has 200 valence electrons. The molecule has 4 aliphatic rings. The molecular formula is C33H41N3O2. The molecule has 3 aliphatic carbocycles. The topological polar surface area (TPSA) is 65.9 Å². The van der Waals surface area contributed by atoms with E-state index in [-0.39, 0.29) is 12.5 Å². The molecule has 0 saturated carbocycles. The average molecular weight is 512 g/mol. The normalized spacial score (nSPS) is 25.2. The molecule has 1 aliphatic heterocycles. The number of aliphatic hydroxyl groups excluding tert-OH is 1. The first-order valence-electron chi connectivity index (χ1n) is 14.7. The number of rotatable bonds is 9. The number of aliphatic hydroxyl groups is 1. The second kappa shape index (κ2) is 11.1. The van der Waals surface area contributed by atoms with Crippen molar-refractivity contribution in [2.24, 2.45) is 10.9 Å². The van der Waals surface area contributed by atoms with Crippen LogP contribution in [0.3, 0.4) is 0 Å². The summed E-state index contributed by atoms with van der Waals surface area (Å²) in [6.45, 7) is 5.20. The maximum atomic E-state index is 10.7. The summed E-state index contributed by atoms with van der Waals surface area (Å²) in [4.78, 5) is 5.17. The molecule has 0 aromatic heterocycles. The maximum absolute atomic E-state index is 10.7. The fourth-order valence-corrected chi connectivity index (χ4v) is 6.66. The highest BCUT2D eigenvalue weighted by Gasteiger charge is 2.34. The van der Waals surface area contributed by atoms with Crippen molar-refractivity contribution in [3.63, 3.8) is 0 Å². The Labute approximate surface area is 226 Å². The minimum atomic E-state index is -0.361. The van der Waals surface area contributed by atoms with Gasteiger partial charge >= 0.3 is 0 Å². The highest BCUT2D eigenvalue weighted by Crippen LogP contribution is 2.46. The van der Waals surface area contributed by atoms with Crippen LogP contribution in [-0.2, 0) is 11.2 Å². The molecule has 5 heteroatoms. The minimum absolute atomic E-state index is 0.317. The third-order valence-corrected chi connectivity index (χ3v) is 8.89. The number of benzene rings is 2. The monoisotopic (exact) mass is 511 g/mol. The Morgan fingerprint density at radius 3 is 2.92 bits per heavy atom. The van der Waals surface area contributed by atoms with E-state index in [9.17, 15) is 5.11 Å². The number of hydrogen-bond acceptors (Lipinski definition) is 5. The van der Waals surface area contributed by atoms with Crippen molar-refractivity contribution in [3.05, 3.63) is 76.6 Å². The van der Waals surface area contributed by atoms with Gasteiger partial charge in [-0.15, -0.1) is 0 Å². The van der Waals surface area contributed by atoms with Crippen molar-refractivity contribution < 1.29 is 9.84 Å². The zero-order valence-electron chi connectivity index (χ0n) is 22.8. The number of nitrogens with zero attached hydrogens (tertiary/aromatic N) is 1. The molecule has 4 atom stereocenters. The van der Waals surface area contributed by atoms with Gasteiger partial charge in [0, 0.05) is 11.1 Å². The van der Waals surface area contributed by atoms with Crippen LogP contribution in [0.15, 0.2) is 64.9 Å². The molecular weight excluding hydrogens is 470 g/mol. The van der Waals surface area contributed by atoms with E-state index in [0.29, 0.717) is 24.2 Å². The van der Waals surface area contributed by atoms with Crippen molar-refractivity contribution in [2.45, 2.75) is 90.1 Å². The van der Waals surface area contributed by atoms with Crippen molar-refractivity contribution in [1.82, 2.24) is 10.6 Å². The highest BCUT2D eigenvalue weighted by molar-refractivity contribution is 6.24. The Hall–Kier alpha value is -2.89. The van der Waals surface area contributed by atoms with E-state index < -0.39 is 0 Å². The number of ether oxygens (including phenoxy) is 1. The molecule has 0 saturated heterocycles. The van der Waals surface area contributed by atoms with E-state index in [1.807, 2.05) is 12.2 Å². The van der Waals surface area contributed by atoms with Crippen molar-refractivity contribution in [2.75, 3.05) is 6.61 Å². The third-order valence-electron chi connectivity index (χ3n) is 8.89. The molecule has 0 spiro atoms. The molecule has 0 radical (unpaired) electrons. The number of unbranched alkanes of at least 4 members (excludes halogenated alkanes) is 1. The summed E-state index contributed by atoms with van der Waals surface area (Å²) in [6, 6.07) is 11.3. The van der Waals surface area contributed by atoms with E-state index in [1.165, 1.54) is 58.7 Å². The lowest BCUT2D eigenvalue weighted by molar-refractivity contribution is -0.0112. The van der Waals surface area contributed by atoms with Crippen LogP contribution in [0.5, 0.6) is 0 Å². The smallest absolute Gasteiger partial charge is 0.187 e. The van der Waals surface area contributed by atoms with Gasteiger partial charge in [-0.3, -0.25) is 0 Å². The van der Waals surface area contributed by atoms with Gasteiger partial charge in [0.15, 0.2) is 6.35 Å². The molecule has 4 unspecified atom stereocenters. The Balaban J connectivity index is 1.35.